The second-order valence-corrected chi connectivity index (χ2v) is 6.36. The number of amides is 1. The van der Waals surface area contributed by atoms with Gasteiger partial charge in [-0.05, 0) is 37.5 Å². The van der Waals surface area contributed by atoms with Gasteiger partial charge in [0.1, 0.15) is 5.69 Å². The fourth-order valence-corrected chi connectivity index (χ4v) is 2.88. The lowest BCUT2D eigenvalue weighted by Gasteiger charge is -2.08. The van der Waals surface area contributed by atoms with Crippen molar-refractivity contribution in [2.24, 2.45) is 0 Å². The van der Waals surface area contributed by atoms with Gasteiger partial charge in [0.25, 0.3) is 5.91 Å². The van der Waals surface area contributed by atoms with E-state index in [0.717, 1.165) is 30.5 Å². The summed E-state index contributed by atoms with van der Waals surface area (Å²) >= 11 is 0. The number of hydrogen-bond donors (Lipinski definition) is 3. The number of unbranched alkanes of at least 4 members (excludes halogenated alkanes) is 1. The standard InChI is InChI=1S/C20H25N5O/c1-3-4-10-21-19(26)18-12-14(2)24-20(25-18)22-11-9-15-13-23-17-8-6-5-7-16(15)17/h5-8,12-13,23H,3-4,9-11H2,1-2H3,(H,21,26)(H,22,24,25). The maximum Gasteiger partial charge on any atom is 0.270 e. The number of aromatic amines is 1. The second-order valence-electron chi connectivity index (χ2n) is 6.36. The molecule has 0 radical (unpaired) electrons. The Morgan fingerprint density at radius 1 is 1.19 bits per heavy atom. The van der Waals surface area contributed by atoms with Gasteiger partial charge in [-0.2, -0.15) is 0 Å². The fraction of sp³-hybridized carbons (Fsp3) is 0.350. The summed E-state index contributed by atoms with van der Waals surface area (Å²) < 4.78 is 0. The van der Waals surface area contributed by atoms with Crippen LogP contribution in [0.15, 0.2) is 36.5 Å². The smallest absolute Gasteiger partial charge is 0.270 e. The molecule has 26 heavy (non-hydrogen) atoms. The molecule has 0 spiro atoms. The number of anilines is 1. The number of benzene rings is 1. The van der Waals surface area contributed by atoms with E-state index in [1.165, 1.54) is 10.9 Å². The molecule has 0 atom stereocenters. The zero-order chi connectivity index (χ0) is 18.4. The van der Waals surface area contributed by atoms with Gasteiger partial charge in [0, 0.05) is 35.9 Å². The van der Waals surface area contributed by atoms with Gasteiger partial charge in [0.05, 0.1) is 0 Å². The van der Waals surface area contributed by atoms with E-state index in [0.29, 0.717) is 24.7 Å². The number of nitrogens with one attached hydrogen (secondary N) is 3. The average Bonchev–Trinajstić information content (AvgIpc) is 3.05. The van der Waals surface area contributed by atoms with E-state index >= 15 is 0 Å². The zero-order valence-corrected chi connectivity index (χ0v) is 15.3. The van der Waals surface area contributed by atoms with E-state index < -0.39 is 0 Å². The first-order valence-corrected chi connectivity index (χ1v) is 9.10. The third-order valence-electron chi connectivity index (χ3n) is 4.26. The van der Waals surface area contributed by atoms with Crippen molar-refractivity contribution in [2.45, 2.75) is 33.1 Å². The fourth-order valence-electron chi connectivity index (χ4n) is 2.88. The molecule has 1 amide bonds. The van der Waals surface area contributed by atoms with Crippen molar-refractivity contribution in [1.82, 2.24) is 20.3 Å². The lowest BCUT2D eigenvalue weighted by atomic mass is 10.1. The predicted octanol–water partition coefficient (Wildman–Crippen LogP) is 3.45. The molecule has 0 fully saturated rings. The number of aryl methyl sites for hydroxylation is 1. The Balaban J connectivity index is 1.61. The Hall–Kier alpha value is -2.89. The van der Waals surface area contributed by atoms with Crippen LogP contribution in [0.5, 0.6) is 0 Å². The highest BCUT2D eigenvalue weighted by molar-refractivity contribution is 5.92. The Morgan fingerprint density at radius 2 is 2.04 bits per heavy atom. The highest BCUT2D eigenvalue weighted by Gasteiger charge is 2.10. The molecule has 0 aliphatic carbocycles. The van der Waals surface area contributed by atoms with E-state index in [9.17, 15) is 4.79 Å². The van der Waals surface area contributed by atoms with Crippen molar-refractivity contribution in [1.29, 1.82) is 0 Å². The lowest BCUT2D eigenvalue weighted by Crippen LogP contribution is -2.26. The summed E-state index contributed by atoms with van der Waals surface area (Å²) in [5, 5.41) is 7.36. The molecule has 0 saturated carbocycles. The quantitative estimate of drug-likeness (QED) is 0.543. The number of nitrogens with zero attached hydrogens (tertiary/aromatic N) is 2. The van der Waals surface area contributed by atoms with E-state index in [-0.39, 0.29) is 5.91 Å². The minimum absolute atomic E-state index is 0.149. The van der Waals surface area contributed by atoms with Gasteiger partial charge in [0.2, 0.25) is 5.95 Å². The molecule has 6 heteroatoms. The third-order valence-corrected chi connectivity index (χ3v) is 4.26. The second kappa shape index (κ2) is 8.47. The molecule has 2 aromatic heterocycles. The molecule has 3 aromatic rings. The number of fused-ring (bicyclic) bond motifs is 1. The van der Waals surface area contributed by atoms with Crippen molar-refractivity contribution in [3.8, 4) is 0 Å². The van der Waals surface area contributed by atoms with Crippen LogP contribution in [0.4, 0.5) is 5.95 Å². The number of para-hydroxylation sites is 1. The highest BCUT2D eigenvalue weighted by Crippen LogP contribution is 2.18. The SMILES string of the molecule is CCCCNC(=O)c1cc(C)nc(NCCc2c[nH]c3ccccc23)n1. The summed E-state index contributed by atoms with van der Waals surface area (Å²) in [5.74, 6) is 0.342. The van der Waals surface area contributed by atoms with Crippen molar-refractivity contribution in [3.63, 3.8) is 0 Å². The van der Waals surface area contributed by atoms with E-state index in [4.69, 9.17) is 0 Å². The van der Waals surface area contributed by atoms with Gasteiger partial charge in [-0.25, -0.2) is 9.97 Å². The van der Waals surface area contributed by atoms with Crippen molar-refractivity contribution < 1.29 is 4.79 Å². The Labute approximate surface area is 153 Å². The Bertz CT molecular complexity index is 887. The number of H-pyrrole nitrogens is 1. The maximum atomic E-state index is 12.2. The van der Waals surface area contributed by atoms with Crippen LogP contribution in [0.3, 0.4) is 0 Å². The Kier molecular flexibility index (Phi) is 5.84. The third kappa shape index (κ3) is 4.39. The monoisotopic (exact) mass is 351 g/mol. The molecule has 6 nitrogen and oxygen atoms in total. The van der Waals surface area contributed by atoms with Crippen LogP contribution in [-0.4, -0.2) is 33.9 Å². The van der Waals surface area contributed by atoms with Crippen molar-refractivity contribution >= 4 is 22.8 Å². The molecule has 0 aliphatic heterocycles. The molecule has 0 bridgehead atoms. The van der Waals surface area contributed by atoms with E-state index in [2.05, 4.69) is 44.6 Å². The summed E-state index contributed by atoms with van der Waals surface area (Å²) in [6, 6.07) is 9.96. The number of hydrogen-bond acceptors (Lipinski definition) is 4. The summed E-state index contributed by atoms with van der Waals surface area (Å²) in [6.45, 7) is 5.33. The van der Waals surface area contributed by atoms with Crippen LogP contribution < -0.4 is 10.6 Å². The number of rotatable bonds is 8. The first kappa shape index (κ1) is 17.9. The largest absolute Gasteiger partial charge is 0.361 e. The molecule has 3 rings (SSSR count). The van der Waals surface area contributed by atoms with Crippen molar-refractivity contribution in [3.05, 3.63) is 53.5 Å². The Morgan fingerprint density at radius 3 is 2.88 bits per heavy atom. The molecule has 136 valence electrons. The molecular formula is C20H25N5O. The zero-order valence-electron chi connectivity index (χ0n) is 15.3. The van der Waals surface area contributed by atoms with E-state index in [1.54, 1.807) is 6.07 Å². The minimum Gasteiger partial charge on any atom is -0.361 e. The minimum atomic E-state index is -0.149. The number of carbonyl (C=O) groups excluding carboxylic acids is 1. The van der Waals surface area contributed by atoms with Crippen LogP contribution >= 0.6 is 0 Å². The summed E-state index contributed by atoms with van der Waals surface area (Å²) in [5.41, 5.74) is 3.57. The normalized spacial score (nSPS) is 10.8. The number of aromatic nitrogens is 3. The number of carbonyl (C=O) groups is 1. The maximum absolute atomic E-state index is 12.2. The average molecular weight is 351 g/mol. The molecule has 2 heterocycles. The first-order valence-electron chi connectivity index (χ1n) is 9.10. The van der Waals surface area contributed by atoms with Gasteiger partial charge in [-0.1, -0.05) is 31.5 Å². The molecule has 0 aliphatic rings. The molecule has 1 aromatic carbocycles. The van der Waals surface area contributed by atoms with Crippen LogP contribution in [0.25, 0.3) is 10.9 Å². The van der Waals surface area contributed by atoms with Gasteiger partial charge >= 0.3 is 0 Å². The van der Waals surface area contributed by atoms with Gasteiger partial charge in [-0.3, -0.25) is 4.79 Å². The van der Waals surface area contributed by atoms with Crippen molar-refractivity contribution in [2.75, 3.05) is 18.4 Å². The highest BCUT2D eigenvalue weighted by atomic mass is 16.1. The molecular weight excluding hydrogens is 326 g/mol. The molecule has 3 N–H and O–H groups in total. The van der Waals surface area contributed by atoms with Crippen LogP contribution in [0.1, 0.15) is 41.5 Å². The summed E-state index contributed by atoms with van der Waals surface area (Å²) in [6.07, 6.45) is 4.89. The summed E-state index contributed by atoms with van der Waals surface area (Å²) in [7, 11) is 0. The van der Waals surface area contributed by atoms with Crippen LogP contribution in [0, 0.1) is 6.92 Å². The van der Waals surface area contributed by atoms with Gasteiger partial charge in [-0.15, -0.1) is 0 Å². The van der Waals surface area contributed by atoms with Gasteiger partial charge in [0.15, 0.2) is 0 Å². The molecule has 0 saturated heterocycles. The lowest BCUT2D eigenvalue weighted by molar-refractivity contribution is 0.0948. The van der Waals surface area contributed by atoms with Crippen LogP contribution in [0.2, 0.25) is 0 Å². The summed E-state index contributed by atoms with van der Waals surface area (Å²) in [4.78, 5) is 24.2. The topological polar surface area (TPSA) is 82.7 Å². The first-order chi connectivity index (χ1) is 12.7. The van der Waals surface area contributed by atoms with E-state index in [1.807, 2.05) is 25.3 Å². The van der Waals surface area contributed by atoms with Crippen LogP contribution in [-0.2, 0) is 6.42 Å². The predicted molar refractivity (Wildman–Crippen MR) is 105 cm³/mol. The molecule has 0 unspecified atom stereocenters. The van der Waals surface area contributed by atoms with Gasteiger partial charge < -0.3 is 15.6 Å².